The van der Waals surface area contributed by atoms with E-state index in [2.05, 4.69) is 0 Å². The average molecular weight is 277 g/mol. The molecule has 0 bridgehead atoms. The lowest BCUT2D eigenvalue weighted by Gasteiger charge is -2.14. The predicted molar refractivity (Wildman–Crippen MR) is 68.4 cm³/mol. The second-order valence-corrected chi connectivity index (χ2v) is 4.74. The highest BCUT2D eigenvalue weighted by Crippen LogP contribution is 2.32. The lowest BCUT2D eigenvalue weighted by atomic mass is 10.1. The van der Waals surface area contributed by atoms with Gasteiger partial charge in [0.1, 0.15) is 5.56 Å². The molecule has 1 aromatic rings. The van der Waals surface area contributed by atoms with Crippen molar-refractivity contribution in [3.63, 3.8) is 0 Å². The Morgan fingerprint density at radius 2 is 2.12 bits per heavy atom. The minimum absolute atomic E-state index is 0.00852. The quantitative estimate of drug-likeness (QED) is 0.880. The maximum absolute atomic E-state index is 11.0. The zero-order chi connectivity index (χ0) is 13.0. The molecule has 5 heteroatoms. The fourth-order valence-electron chi connectivity index (χ4n) is 1.21. The lowest BCUT2D eigenvalue weighted by Crippen LogP contribution is -2.10. The number of halogens is 2. The van der Waals surface area contributed by atoms with Crippen molar-refractivity contribution in [3.05, 3.63) is 27.7 Å². The van der Waals surface area contributed by atoms with Crippen LogP contribution in [0.1, 0.15) is 30.6 Å². The fraction of sp³-hybridized carbons (Fsp3) is 0.417. The summed E-state index contributed by atoms with van der Waals surface area (Å²) >= 11 is 11.7. The molecule has 0 saturated heterocycles. The molecular formula is C12H14Cl2O3. The summed E-state index contributed by atoms with van der Waals surface area (Å²) in [4.78, 5) is 11.0. The van der Waals surface area contributed by atoms with Crippen LogP contribution in [0.2, 0.25) is 10.0 Å². The van der Waals surface area contributed by atoms with E-state index in [1.54, 1.807) is 0 Å². The van der Waals surface area contributed by atoms with E-state index < -0.39 is 5.97 Å². The molecule has 94 valence electrons. The molecular weight excluding hydrogens is 263 g/mol. The summed E-state index contributed by atoms with van der Waals surface area (Å²) in [6, 6.07) is 2.81. The van der Waals surface area contributed by atoms with E-state index in [1.165, 1.54) is 12.1 Å². The molecule has 1 atom stereocenters. The van der Waals surface area contributed by atoms with Gasteiger partial charge in [0.15, 0.2) is 5.75 Å². The second-order valence-electron chi connectivity index (χ2n) is 3.89. The Hall–Kier alpha value is -0.930. The van der Waals surface area contributed by atoms with E-state index in [1.807, 2.05) is 13.8 Å². The number of ether oxygens (including phenoxy) is 1. The molecule has 0 aromatic heterocycles. The topological polar surface area (TPSA) is 46.5 Å². The molecule has 0 saturated carbocycles. The Balaban J connectivity index is 3.00. The largest absolute Gasteiger partial charge is 0.491 e. The summed E-state index contributed by atoms with van der Waals surface area (Å²) in [6.07, 6.45) is 0.952. The number of hydrogen-bond donors (Lipinski definition) is 1. The van der Waals surface area contributed by atoms with Gasteiger partial charge in [-0.25, -0.2) is 4.79 Å². The van der Waals surface area contributed by atoms with E-state index in [4.69, 9.17) is 33.0 Å². The van der Waals surface area contributed by atoms with E-state index >= 15 is 0 Å². The maximum atomic E-state index is 11.0. The second kappa shape index (κ2) is 6.12. The van der Waals surface area contributed by atoms with Gasteiger partial charge in [-0.1, -0.05) is 43.5 Å². The summed E-state index contributed by atoms with van der Waals surface area (Å²) in [7, 11) is 0. The summed E-state index contributed by atoms with van der Waals surface area (Å²) in [6.45, 7) is 4.48. The molecule has 0 aliphatic rings. The van der Waals surface area contributed by atoms with Crippen molar-refractivity contribution in [1.82, 2.24) is 0 Å². The Bertz CT molecular complexity index is 418. The van der Waals surface area contributed by atoms with Crippen LogP contribution in [0.3, 0.4) is 0 Å². The van der Waals surface area contributed by atoms with Gasteiger partial charge in [0.2, 0.25) is 0 Å². The molecule has 1 rings (SSSR count). The van der Waals surface area contributed by atoms with Crippen molar-refractivity contribution in [2.45, 2.75) is 20.3 Å². The third-order valence-electron chi connectivity index (χ3n) is 2.45. The van der Waals surface area contributed by atoms with Gasteiger partial charge in [-0.2, -0.15) is 0 Å². The molecule has 1 N–H and O–H groups in total. The SMILES string of the molecule is CCC(C)COc1c(Cl)cc(Cl)cc1C(=O)O. The first-order chi connectivity index (χ1) is 7.95. The number of carboxylic acid groups (broad SMARTS) is 1. The normalized spacial score (nSPS) is 12.2. The maximum Gasteiger partial charge on any atom is 0.339 e. The number of benzene rings is 1. The van der Waals surface area contributed by atoms with Crippen LogP contribution in [0.5, 0.6) is 5.75 Å². The van der Waals surface area contributed by atoms with Crippen molar-refractivity contribution in [1.29, 1.82) is 0 Å². The molecule has 0 heterocycles. The molecule has 0 amide bonds. The lowest BCUT2D eigenvalue weighted by molar-refractivity contribution is 0.0691. The van der Waals surface area contributed by atoms with Crippen LogP contribution in [0.4, 0.5) is 0 Å². The van der Waals surface area contributed by atoms with Crippen molar-refractivity contribution in [3.8, 4) is 5.75 Å². The van der Waals surface area contributed by atoms with Crippen LogP contribution in [-0.2, 0) is 0 Å². The molecule has 0 aliphatic heterocycles. The zero-order valence-electron chi connectivity index (χ0n) is 9.67. The first kappa shape index (κ1) is 14.1. The molecule has 0 radical (unpaired) electrons. The third-order valence-corrected chi connectivity index (χ3v) is 2.95. The number of carbonyl (C=O) groups is 1. The molecule has 0 aliphatic carbocycles. The fourth-order valence-corrected chi connectivity index (χ4v) is 1.76. The van der Waals surface area contributed by atoms with Crippen LogP contribution in [0, 0.1) is 5.92 Å². The van der Waals surface area contributed by atoms with Crippen LogP contribution >= 0.6 is 23.2 Å². The van der Waals surface area contributed by atoms with Crippen molar-refractivity contribution in [2.75, 3.05) is 6.61 Å². The average Bonchev–Trinajstić information content (AvgIpc) is 2.26. The molecule has 17 heavy (non-hydrogen) atoms. The van der Waals surface area contributed by atoms with Gasteiger partial charge < -0.3 is 9.84 Å². The summed E-state index contributed by atoms with van der Waals surface area (Å²) in [5, 5.41) is 9.54. The van der Waals surface area contributed by atoms with Gasteiger partial charge in [0, 0.05) is 5.02 Å². The van der Waals surface area contributed by atoms with E-state index in [-0.39, 0.29) is 21.4 Å². The minimum Gasteiger partial charge on any atom is -0.491 e. The van der Waals surface area contributed by atoms with Gasteiger partial charge in [-0.3, -0.25) is 0 Å². The van der Waals surface area contributed by atoms with Crippen molar-refractivity contribution in [2.24, 2.45) is 5.92 Å². The van der Waals surface area contributed by atoms with Crippen LogP contribution in [0.15, 0.2) is 12.1 Å². The zero-order valence-corrected chi connectivity index (χ0v) is 11.2. The first-order valence-corrected chi connectivity index (χ1v) is 6.06. The van der Waals surface area contributed by atoms with E-state index in [9.17, 15) is 4.79 Å². The smallest absolute Gasteiger partial charge is 0.339 e. The molecule has 1 unspecified atom stereocenters. The van der Waals surface area contributed by atoms with Gasteiger partial charge in [0.25, 0.3) is 0 Å². The van der Waals surface area contributed by atoms with E-state index in [0.717, 1.165) is 6.42 Å². The van der Waals surface area contributed by atoms with Crippen molar-refractivity contribution < 1.29 is 14.6 Å². The van der Waals surface area contributed by atoms with Gasteiger partial charge in [0.05, 0.1) is 11.6 Å². The first-order valence-electron chi connectivity index (χ1n) is 5.30. The standard InChI is InChI=1S/C12H14Cl2O3/c1-3-7(2)6-17-11-9(12(15)16)4-8(13)5-10(11)14/h4-5,7H,3,6H2,1-2H3,(H,15,16). The number of carboxylic acids is 1. The molecule has 0 fully saturated rings. The summed E-state index contributed by atoms with van der Waals surface area (Å²) in [5.41, 5.74) is -0.00852. The number of aromatic carboxylic acids is 1. The Morgan fingerprint density at radius 3 is 2.65 bits per heavy atom. The third kappa shape index (κ3) is 3.79. The Morgan fingerprint density at radius 1 is 1.47 bits per heavy atom. The highest BCUT2D eigenvalue weighted by Gasteiger charge is 2.17. The van der Waals surface area contributed by atoms with E-state index in [0.29, 0.717) is 12.5 Å². The monoisotopic (exact) mass is 276 g/mol. The Labute approximate surface area is 110 Å². The minimum atomic E-state index is -1.10. The highest BCUT2D eigenvalue weighted by molar-refractivity contribution is 6.36. The number of rotatable bonds is 5. The number of hydrogen-bond acceptors (Lipinski definition) is 2. The van der Waals surface area contributed by atoms with Crippen LogP contribution in [0.25, 0.3) is 0 Å². The summed E-state index contributed by atoms with van der Waals surface area (Å²) < 4.78 is 5.47. The molecule has 3 nitrogen and oxygen atoms in total. The predicted octanol–water partition coefficient (Wildman–Crippen LogP) is 4.12. The Kier molecular flexibility index (Phi) is 5.09. The molecule has 1 aromatic carbocycles. The van der Waals surface area contributed by atoms with Gasteiger partial charge in [-0.05, 0) is 18.1 Å². The van der Waals surface area contributed by atoms with Crippen LogP contribution in [-0.4, -0.2) is 17.7 Å². The van der Waals surface area contributed by atoms with Crippen molar-refractivity contribution >= 4 is 29.2 Å². The summed E-state index contributed by atoms with van der Waals surface area (Å²) in [5.74, 6) is -0.583. The highest BCUT2D eigenvalue weighted by atomic mass is 35.5. The molecule has 0 spiro atoms. The van der Waals surface area contributed by atoms with Gasteiger partial charge >= 0.3 is 5.97 Å². The van der Waals surface area contributed by atoms with Gasteiger partial charge in [-0.15, -0.1) is 0 Å². The van der Waals surface area contributed by atoms with Crippen LogP contribution < -0.4 is 4.74 Å².